The molecular weight excluding hydrogens is 540 g/mol. The van der Waals surface area contributed by atoms with Crippen LogP contribution in [0.25, 0.3) is 83.6 Å². The monoisotopic (exact) mass is 575 g/mol. The van der Waals surface area contributed by atoms with Gasteiger partial charge in [0.1, 0.15) is 5.58 Å². The zero-order chi connectivity index (χ0) is 38.6. The minimum Gasteiger partial charge on any atom is -0.454 e. The lowest BCUT2D eigenvalue weighted by Gasteiger charge is -2.09. The van der Waals surface area contributed by atoms with Crippen molar-refractivity contribution < 1.29 is 19.5 Å². The van der Waals surface area contributed by atoms with Crippen LogP contribution in [0, 0.1) is 0 Å². The Bertz CT molecular complexity index is 3030. The normalized spacial score (nSPS) is 15.1. The largest absolute Gasteiger partial charge is 0.454 e. The van der Waals surface area contributed by atoms with Gasteiger partial charge in [-0.15, -0.1) is 0 Å². The molecule has 6 aromatic carbocycles. The Balaban J connectivity index is 1.37. The second-order valence-corrected chi connectivity index (χ2v) is 10.0. The van der Waals surface area contributed by atoms with Gasteiger partial charge < -0.3 is 8.98 Å². The standard InChI is InChI=1S/C39H24N4O/c1-3-13-25(14-4-1)37-40-38(26-15-5-2-6-16-26)42-39(41-37)30-20-12-24-34-35(30)29-19-11-23-33(36(29)44-34)43-31-21-9-7-17-27(31)28-18-8-10-22-32(28)43/h1-24H/i1D,3D,4D,7D,8D,13D,14D,17D,18D,21D,22D. The van der Waals surface area contributed by atoms with Gasteiger partial charge >= 0.3 is 0 Å². The number of hydrogen-bond donors (Lipinski definition) is 0. The van der Waals surface area contributed by atoms with Crippen molar-refractivity contribution in [1.82, 2.24) is 19.5 Å². The zero-order valence-electron chi connectivity index (χ0n) is 33.7. The molecule has 9 aromatic rings. The average molecular weight is 576 g/mol. The van der Waals surface area contributed by atoms with E-state index in [0.29, 0.717) is 38.8 Å². The molecule has 0 saturated heterocycles. The van der Waals surface area contributed by atoms with Gasteiger partial charge in [-0.25, -0.2) is 15.0 Å². The summed E-state index contributed by atoms with van der Waals surface area (Å²) in [5.74, 6) is 0.216. The van der Waals surface area contributed by atoms with E-state index in [2.05, 4.69) is 4.98 Å². The lowest BCUT2D eigenvalue weighted by molar-refractivity contribution is 0.666. The molecule has 0 bridgehead atoms. The maximum absolute atomic E-state index is 8.92. The number of para-hydroxylation sites is 3. The van der Waals surface area contributed by atoms with Crippen molar-refractivity contribution in [3.05, 3.63) is 145 Å². The van der Waals surface area contributed by atoms with Gasteiger partial charge in [0.25, 0.3) is 0 Å². The number of fused-ring (bicyclic) bond motifs is 6. The summed E-state index contributed by atoms with van der Waals surface area (Å²) >= 11 is 0. The highest BCUT2D eigenvalue weighted by Crippen LogP contribution is 2.41. The van der Waals surface area contributed by atoms with Crippen LogP contribution in [0.3, 0.4) is 0 Å². The number of nitrogens with zero attached hydrogens (tertiary/aromatic N) is 4. The molecule has 3 aromatic heterocycles. The van der Waals surface area contributed by atoms with Gasteiger partial charge in [-0.2, -0.15) is 0 Å². The molecule has 9 rings (SSSR count). The number of rotatable bonds is 4. The molecule has 44 heavy (non-hydrogen) atoms. The van der Waals surface area contributed by atoms with E-state index in [4.69, 9.17) is 29.5 Å². The first-order valence-electron chi connectivity index (χ1n) is 19.2. The molecule has 0 atom stereocenters. The first-order valence-corrected chi connectivity index (χ1v) is 13.7. The Morgan fingerprint density at radius 2 is 1.20 bits per heavy atom. The van der Waals surface area contributed by atoms with Crippen LogP contribution in [0.15, 0.2) is 150 Å². The van der Waals surface area contributed by atoms with Gasteiger partial charge in [-0.3, -0.25) is 0 Å². The first-order chi connectivity index (χ1) is 26.4. The SMILES string of the molecule is [2H]c1cc([2H])c2c(c1[2H])c1c([2H])c([2H])cc([2H])c1n2-c1cccc2c1oc1cccc(-c3nc(-c4ccccc4)nc(-c4c([2H])c([2H])c([2H])c([2H])c4[2H])n3)c12. The Labute approximate surface area is 268 Å². The van der Waals surface area contributed by atoms with Crippen molar-refractivity contribution in [3.8, 4) is 39.9 Å². The van der Waals surface area contributed by atoms with Crippen LogP contribution in [-0.4, -0.2) is 19.5 Å². The summed E-state index contributed by atoms with van der Waals surface area (Å²) in [6.07, 6.45) is 0. The Morgan fingerprint density at radius 1 is 0.523 bits per heavy atom. The van der Waals surface area contributed by atoms with E-state index in [1.807, 2.05) is 12.1 Å². The van der Waals surface area contributed by atoms with Crippen molar-refractivity contribution >= 4 is 43.7 Å². The van der Waals surface area contributed by atoms with E-state index >= 15 is 0 Å². The Hall–Kier alpha value is -6.07. The maximum Gasteiger partial charge on any atom is 0.164 e. The smallest absolute Gasteiger partial charge is 0.164 e. The van der Waals surface area contributed by atoms with Gasteiger partial charge in [0.15, 0.2) is 23.1 Å². The van der Waals surface area contributed by atoms with E-state index < -0.39 is 30.2 Å². The molecule has 0 aliphatic carbocycles. The quantitative estimate of drug-likeness (QED) is 0.210. The molecule has 0 aliphatic heterocycles. The molecule has 0 fully saturated rings. The number of furan rings is 1. The van der Waals surface area contributed by atoms with Crippen LogP contribution in [0.1, 0.15) is 15.1 Å². The average Bonchev–Trinajstić information content (AvgIpc) is 3.76. The van der Waals surface area contributed by atoms with Gasteiger partial charge in [0, 0.05) is 38.2 Å². The summed E-state index contributed by atoms with van der Waals surface area (Å²) < 4.78 is 102. The van der Waals surface area contributed by atoms with Crippen LogP contribution in [0.2, 0.25) is 0 Å². The second kappa shape index (κ2) is 9.75. The van der Waals surface area contributed by atoms with Crippen LogP contribution in [0.4, 0.5) is 0 Å². The minimum atomic E-state index is -0.543. The fraction of sp³-hybridized carbons (Fsp3) is 0. The third-order valence-electron chi connectivity index (χ3n) is 7.50. The van der Waals surface area contributed by atoms with E-state index in [1.54, 1.807) is 59.2 Å². The van der Waals surface area contributed by atoms with E-state index in [9.17, 15) is 0 Å². The molecule has 3 heterocycles. The molecule has 5 nitrogen and oxygen atoms in total. The maximum atomic E-state index is 8.92. The van der Waals surface area contributed by atoms with Crippen molar-refractivity contribution in [2.24, 2.45) is 0 Å². The van der Waals surface area contributed by atoms with E-state index in [0.717, 1.165) is 0 Å². The second-order valence-electron chi connectivity index (χ2n) is 10.0. The van der Waals surface area contributed by atoms with Gasteiger partial charge in [0.05, 0.1) is 31.8 Å². The van der Waals surface area contributed by atoms with Crippen LogP contribution >= 0.6 is 0 Å². The zero-order valence-corrected chi connectivity index (χ0v) is 22.7. The Morgan fingerprint density at radius 3 is 1.95 bits per heavy atom. The van der Waals surface area contributed by atoms with Crippen LogP contribution in [-0.2, 0) is 0 Å². The molecule has 0 saturated carbocycles. The predicted octanol–water partition coefficient (Wildman–Crippen LogP) is 9.87. The molecule has 0 N–H and O–H groups in total. The summed E-state index contributed by atoms with van der Waals surface area (Å²) in [5, 5.41) is 1.38. The highest BCUT2D eigenvalue weighted by atomic mass is 16.3. The summed E-state index contributed by atoms with van der Waals surface area (Å²) in [4.78, 5) is 14.1. The van der Waals surface area contributed by atoms with Crippen molar-refractivity contribution in [1.29, 1.82) is 0 Å². The van der Waals surface area contributed by atoms with Crippen molar-refractivity contribution in [2.45, 2.75) is 0 Å². The van der Waals surface area contributed by atoms with Crippen LogP contribution in [0.5, 0.6) is 0 Å². The summed E-state index contributed by atoms with van der Waals surface area (Å²) in [5.41, 5.74) is 2.39. The summed E-state index contributed by atoms with van der Waals surface area (Å²) in [6.45, 7) is 0. The highest BCUT2D eigenvalue weighted by molar-refractivity contribution is 6.15. The van der Waals surface area contributed by atoms with Crippen molar-refractivity contribution in [2.75, 3.05) is 0 Å². The molecule has 0 unspecified atom stereocenters. The lowest BCUT2D eigenvalue weighted by atomic mass is 10.0. The fourth-order valence-corrected chi connectivity index (χ4v) is 5.64. The minimum absolute atomic E-state index is 0.106. The lowest BCUT2D eigenvalue weighted by Crippen LogP contribution is -2.00. The summed E-state index contributed by atoms with van der Waals surface area (Å²) in [7, 11) is 0. The van der Waals surface area contributed by atoms with Gasteiger partial charge in [0.2, 0.25) is 0 Å². The molecule has 0 radical (unpaired) electrons. The van der Waals surface area contributed by atoms with Crippen LogP contribution < -0.4 is 0 Å². The predicted molar refractivity (Wildman–Crippen MR) is 178 cm³/mol. The molecule has 206 valence electrons. The van der Waals surface area contributed by atoms with E-state index in [-0.39, 0.29) is 81.1 Å². The van der Waals surface area contributed by atoms with Gasteiger partial charge in [-0.05, 0) is 24.2 Å². The van der Waals surface area contributed by atoms with Crippen molar-refractivity contribution in [3.63, 3.8) is 0 Å². The first kappa shape index (κ1) is 16.0. The molecule has 0 spiro atoms. The van der Waals surface area contributed by atoms with Gasteiger partial charge in [-0.1, -0.05) is 121 Å². The Kier molecular flexibility index (Phi) is 3.54. The number of benzene rings is 6. The number of aromatic nitrogens is 4. The molecule has 0 amide bonds. The van der Waals surface area contributed by atoms with E-state index in [1.165, 1.54) is 12.1 Å². The summed E-state index contributed by atoms with van der Waals surface area (Å²) in [6, 6.07) is 18.4. The molecular formula is C39H24N4O. The molecule has 0 aliphatic rings. The highest BCUT2D eigenvalue weighted by Gasteiger charge is 2.21. The number of hydrogen-bond acceptors (Lipinski definition) is 4. The molecule has 5 heteroatoms. The fourth-order valence-electron chi connectivity index (χ4n) is 5.64. The third-order valence-corrected chi connectivity index (χ3v) is 7.50. The topological polar surface area (TPSA) is 56.7 Å². The third kappa shape index (κ3) is 3.76.